The van der Waals surface area contributed by atoms with Gasteiger partial charge in [-0.2, -0.15) is 0 Å². The third-order valence-electron chi connectivity index (χ3n) is 2.96. The number of carbonyl (C=O) groups is 1. The maximum absolute atomic E-state index is 11.3. The van der Waals surface area contributed by atoms with E-state index in [1.807, 2.05) is 0 Å². The molecule has 3 nitrogen and oxygen atoms in total. The molecule has 0 aromatic rings. The van der Waals surface area contributed by atoms with Gasteiger partial charge in [0.25, 0.3) is 0 Å². The summed E-state index contributed by atoms with van der Waals surface area (Å²) in [5.74, 6) is 0.345. The predicted molar refractivity (Wildman–Crippen MR) is 67.9 cm³/mol. The van der Waals surface area contributed by atoms with Crippen molar-refractivity contribution in [3.8, 4) is 0 Å². The van der Waals surface area contributed by atoms with E-state index in [9.17, 15) is 4.79 Å². The van der Waals surface area contributed by atoms with Crippen molar-refractivity contribution < 1.29 is 9.53 Å². The monoisotopic (exact) mass is 249 g/mol. The number of methoxy groups -OCH3 is 1. The number of hydrogen-bond donors (Lipinski definition) is 1. The number of piperidine rings is 1. The summed E-state index contributed by atoms with van der Waals surface area (Å²) < 4.78 is 4.73. The fraction of sp³-hybridized carbons (Fsp3) is 0.917. The Morgan fingerprint density at radius 3 is 2.06 bits per heavy atom. The van der Waals surface area contributed by atoms with Gasteiger partial charge in [-0.05, 0) is 46.5 Å². The largest absolute Gasteiger partial charge is 0.469 e. The van der Waals surface area contributed by atoms with E-state index in [-0.39, 0.29) is 29.5 Å². The topological polar surface area (TPSA) is 38.3 Å². The van der Waals surface area contributed by atoms with Crippen molar-refractivity contribution in [2.45, 2.75) is 58.0 Å². The summed E-state index contributed by atoms with van der Waals surface area (Å²) in [6.45, 7) is 8.77. The lowest BCUT2D eigenvalue weighted by Crippen LogP contribution is -2.57. The van der Waals surface area contributed by atoms with Gasteiger partial charge < -0.3 is 10.1 Å². The van der Waals surface area contributed by atoms with Crippen LogP contribution in [0.25, 0.3) is 0 Å². The molecule has 1 fully saturated rings. The van der Waals surface area contributed by atoms with Crippen LogP contribution in [0.15, 0.2) is 0 Å². The van der Waals surface area contributed by atoms with Crippen molar-refractivity contribution >= 4 is 18.4 Å². The molecule has 1 rings (SSSR count). The molecule has 1 aliphatic heterocycles. The Bertz CT molecular complexity index is 235. The lowest BCUT2D eigenvalue weighted by molar-refractivity contribution is -0.142. The summed E-state index contributed by atoms with van der Waals surface area (Å²) in [6.07, 6.45) is 2.61. The van der Waals surface area contributed by atoms with Crippen LogP contribution in [0.5, 0.6) is 0 Å². The lowest BCUT2D eigenvalue weighted by atomic mass is 9.75. The molecule has 0 amide bonds. The van der Waals surface area contributed by atoms with Crippen LogP contribution < -0.4 is 5.32 Å². The second-order valence-corrected chi connectivity index (χ2v) is 5.95. The highest BCUT2D eigenvalue weighted by Crippen LogP contribution is 2.34. The molecular weight excluding hydrogens is 226 g/mol. The molecule has 96 valence electrons. The number of carbonyl (C=O) groups excluding carboxylic acids is 1. The van der Waals surface area contributed by atoms with E-state index >= 15 is 0 Å². The molecule has 0 spiro atoms. The standard InChI is InChI=1S/C12H23NO2.ClH/c1-11(2)7-9(6-10(14)15-5)8-12(3,4)13-11;/h9,13H,6-8H2,1-5H3;1H. The molecule has 0 aromatic carbocycles. The number of hydrogen-bond acceptors (Lipinski definition) is 3. The van der Waals surface area contributed by atoms with Gasteiger partial charge in [-0.25, -0.2) is 0 Å². The molecule has 1 heterocycles. The molecule has 0 saturated carbocycles. The Morgan fingerprint density at radius 1 is 1.25 bits per heavy atom. The van der Waals surface area contributed by atoms with Gasteiger partial charge in [0.2, 0.25) is 0 Å². The van der Waals surface area contributed by atoms with Crippen LogP contribution >= 0.6 is 12.4 Å². The Kier molecular flexibility index (Phi) is 5.27. The maximum atomic E-state index is 11.3. The van der Waals surface area contributed by atoms with Gasteiger partial charge in [0.05, 0.1) is 7.11 Å². The smallest absolute Gasteiger partial charge is 0.305 e. The quantitative estimate of drug-likeness (QED) is 0.765. The van der Waals surface area contributed by atoms with Gasteiger partial charge in [-0.3, -0.25) is 4.79 Å². The summed E-state index contributed by atoms with van der Waals surface area (Å²) in [5, 5.41) is 3.60. The van der Waals surface area contributed by atoms with Crippen molar-refractivity contribution in [2.75, 3.05) is 7.11 Å². The first-order valence-corrected chi connectivity index (χ1v) is 5.60. The van der Waals surface area contributed by atoms with Gasteiger partial charge in [0.15, 0.2) is 0 Å². The van der Waals surface area contributed by atoms with E-state index in [1.54, 1.807) is 0 Å². The third-order valence-corrected chi connectivity index (χ3v) is 2.96. The van der Waals surface area contributed by atoms with Crippen LogP contribution in [0, 0.1) is 5.92 Å². The van der Waals surface area contributed by atoms with Gasteiger partial charge in [0, 0.05) is 17.5 Å². The Labute approximate surface area is 105 Å². The highest BCUT2D eigenvalue weighted by Gasteiger charge is 2.38. The minimum absolute atomic E-state index is 0. The maximum Gasteiger partial charge on any atom is 0.305 e. The van der Waals surface area contributed by atoms with E-state index in [0.717, 1.165) is 12.8 Å². The summed E-state index contributed by atoms with van der Waals surface area (Å²) in [5.41, 5.74) is 0.223. The fourth-order valence-electron chi connectivity index (χ4n) is 3.00. The number of ether oxygens (including phenoxy) is 1. The van der Waals surface area contributed by atoms with Crippen molar-refractivity contribution in [3.05, 3.63) is 0 Å². The second-order valence-electron chi connectivity index (χ2n) is 5.95. The molecule has 16 heavy (non-hydrogen) atoms. The van der Waals surface area contributed by atoms with Crippen LogP contribution in [0.1, 0.15) is 47.0 Å². The van der Waals surface area contributed by atoms with Gasteiger partial charge in [0.1, 0.15) is 0 Å². The number of nitrogens with one attached hydrogen (secondary N) is 1. The summed E-state index contributed by atoms with van der Waals surface area (Å²) >= 11 is 0. The minimum Gasteiger partial charge on any atom is -0.469 e. The summed E-state index contributed by atoms with van der Waals surface area (Å²) in [4.78, 5) is 11.3. The fourth-order valence-corrected chi connectivity index (χ4v) is 3.00. The zero-order valence-corrected chi connectivity index (χ0v) is 11.7. The molecule has 0 aromatic heterocycles. The summed E-state index contributed by atoms with van der Waals surface area (Å²) in [7, 11) is 1.46. The molecule has 0 aliphatic carbocycles. The van der Waals surface area contributed by atoms with Crippen LogP contribution in [0.3, 0.4) is 0 Å². The van der Waals surface area contributed by atoms with E-state index in [0.29, 0.717) is 12.3 Å². The first-order valence-electron chi connectivity index (χ1n) is 5.60. The van der Waals surface area contributed by atoms with Gasteiger partial charge >= 0.3 is 5.97 Å². The van der Waals surface area contributed by atoms with Crippen molar-refractivity contribution in [2.24, 2.45) is 5.92 Å². The number of rotatable bonds is 2. The molecule has 0 atom stereocenters. The van der Waals surface area contributed by atoms with Gasteiger partial charge in [-0.1, -0.05) is 0 Å². The van der Waals surface area contributed by atoms with E-state index in [4.69, 9.17) is 4.74 Å². The van der Waals surface area contributed by atoms with E-state index in [2.05, 4.69) is 33.0 Å². The highest BCUT2D eigenvalue weighted by atomic mass is 35.5. The average molecular weight is 250 g/mol. The zero-order valence-electron chi connectivity index (χ0n) is 10.9. The van der Waals surface area contributed by atoms with Crippen molar-refractivity contribution in [3.63, 3.8) is 0 Å². The van der Waals surface area contributed by atoms with Crippen molar-refractivity contribution in [1.82, 2.24) is 5.32 Å². The first-order chi connectivity index (χ1) is 6.74. The summed E-state index contributed by atoms with van der Waals surface area (Å²) in [6, 6.07) is 0. The van der Waals surface area contributed by atoms with Crippen LogP contribution in [0.2, 0.25) is 0 Å². The Morgan fingerprint density at radius 2 is 1.69 bits per heavy atom. The third kappa shape index (κ3) is 4.71. The molecule has 0 bridgehead atoms. The molecule has 1 N–H and O–H groups in total. The SMILES string of the molecule is COC(=O)CC1CC(C)(C)NC(C)(C)C1.Cl. The number of halogens is 1. The first kappa shape index (κ1) is 15.7. The molecule has 0 unspecified atom stereocenters. The minimum atomic E-state index is -0.0894. The lowest BCUT2D eigenvalue weighted by Gasteiger charge is -2.46. The Hall–Kier alpha value is -0.280. The Balaban J connectivity index is 0.00000225. The van der Waals surface area contributed by atoms with E-state index in [1.165, 1.54) is 7.11 Å². The molecule has 4 heteroatoms. The van der Waals surface area contributed by atoms with Gasteiger partial charge in [-0.15, -0.1) is 12.4 Å². The molecule has 0 radical (unpaired) electrons. The molecular formula is C12H24ClNO2. The highest BCUT2D eigenvalue weighted by molar-refractivity contribution is 5.85. The zero-order chi connectivity index (χ0) is 11.7. The van der Waals surface area contributed by atoms with E-state index < -0.39 is 0 Å². The predicted octanol–water partition coefficient (Wildman–Crippen LogP) is 2.53. The number of esters is 1. The van der Waals surface area contributed by atoms with Crippen LogP contribution in [0.4, 0.5) is 0 Å². The second kappa shape index (κ2) is 5.37. The van der Waals surface area contributed by atoms with Crippen LogP contribution in [-0.2, 0) is 9.53 Å². The van der Waals surface area contributed by atoms with Crippen LogP contribution in [-0.4, -0.2) is 24.2 Å². The molecule has 1 saturated heterocycles. The average Bonchev–Trinajstić information content (AvgIpc) is 1.97. The molecule has 1 aliphatic rings. The normalized spacial score (nSPS) is 23.3. The van der Waals surface area contributed by atoms with Crippen molar-refractivity contribution in [1.29, 1.82) is 0 Å².